The maximum atomic E-state index is 12.3. The summed E-state index contributed by atoms with van der Waals surface area (Å²) in [5.41, 5.74) is -5.62. The fourth-order valence-corrected chi connectivity index (χ4v) is 1.56. The number of hydrogen-bond acceptors (Lipinski definition) is 5. The molecule has 0 saturated heterocycles. The number of carbonyl (C=O) groups is 1. The molecule has 0 amide bonds. The predicted octanol–water partition coefficient (Wildman–Crippen LogP) is 2.07. The lowest BCUT2D eigenvalue weighted by atomic mass is 10.2. The van der Waals surface area contributed by atoms with Gasteiger partial charge in [0.05, 0.1) is 13.2 Å². The molecule has 0 aromatic heterocycles. The number of ether oxygens (including phenoxy) is 1. The van der Waals surface area contributed by atoms with Gasteiger partial charge in [0.25, 0.3) is 0 Å². The van der Waals surface area contributed by atoms with Gasteiger partial charge in [0, 0.05) is 5.56 Å². The van der Waals surface area contributed by atoms with Crippen LogP contribution in [0.5, 0.6) is 0 Å². The molecule has 0 aliphatic rings. The lowest BCUT2D eigenvalue weighted by molar-refractivity contribution is -0.134. The first-order valence-electron chi connectivity index (χ1n) is 5.03. The standard InChI is InChI=1S/C11H9F3O5S/c1-18-10(15)7-9(8-5-3-2-4-6-8)19-20(16,17)11(12,13)14/h2-7H,1H3/b9-7+. The van der Waals surface area contributed by atoms with E-state index < -0.39 is 27.4 Å². The molecule has 0 saturated carbocycles. The summed E-state index contributed by atoms with van der Waals surface area (Å²) in [6, 6.07) is 6.98. The van der Waals surface area contributed by atoms with Gasteiger partial charge in [-0.3, -0.25) is 0 Å². The SMILES string of the molecule is COC(=O)/C=C(/OS(=O)(=O)C(F)(F)F)c1ccccc1. The Labute approximate surface area is 112 Å². The van der Waals surface area contributed by atoms with Crippen molar-refractivity contribution >= 4 is 21.8 Å². The third kappa shape index (κ3) is 3.98. The number of methoxy groups -OCH3 is 1. The molecule has 1 aromatic rings. The zero-order chi connectivity index (χ0) is 15.4. The number of benzene rings is 1. The monoisotopic (exact) mass is 310 g/mol. The molecule has 1 rings (SSSR count). The van der Waals surface area contributed by atoms with Gasteiger partial charge in [-0.05, 0) is 0 Å². The maximum absolute atomic E-state index is 12.3. The highest BCUT2D eigenvalue weighted by atomic mass is 32.2. The second-order valence-electron chi connectivity index (χ2n) is 3.38. The minimum atomic E-state index is -5.88. The number of alkyl halides is 3. The molecular weight excluding hydrogens is 301 g/mol. The van der Waals surface area contributed by atoms with E-state index in [1.165, 1.54) is 24.3 Å². The molecule has 0 spiro atoms. The van der Waals surface area contributed by atoms with Crippen LogP contribution in [0, 0.1) is 0 Å². The van der Waals surface area contributed by atoms with Crippen molar-refractivity contribution < 1.29 is 35.3 Å². The van der Waals surface area contributed by atoms with Crippen LogP contribution in [0.4, 0.5) is 13.2 Å². The molecule has 9 heteroatoms. The Morgan fingerprint density at radius 1 is 1.20 bits per heavy atom. The first kappa shape index (κ1) is 16.0. The number of carbonyl (C=O) groups excluding carboxylic acids is 1. The van der Waals surface area contributed by atoms with Crippen LogP contribution >= 0.6 is 0 Å². The summed E-state index contributed by atoms with van der Waals surface area (Å²) < 4.78 is 66.9. The molecule has 5 nitrogen and oxygen atoms in total. The van der Waals surface area contributed by atoms with Crippen LogP contribution in [0.25, 0.3) is 5.76 Å². The average Bonchev–Trinajstić information content (AvgIpc) is 2.37. The molecule has 0 radical (unpaired) electrons. The van der Waals surface area contributed by atoms with Crippen LogP contribution < -0.4 is 0 Å². The van der Waals surface area contributed by atoms with E-state index in [1.54, 1.807) is 6.07 Å². The normalized spacial score (nSPS) is 12.9. The van der Waals surface area contributed by atoms with Gasteiger partial charge in [-0.2, -0.15) is 21.6 Å². The van der Waals surface area contributed by atoms with E-state index >= 15 is 0 Å². The molecule has 0 fully saturated rings. The maximum Gasteiger partial charge on any atom is 0.534 e. The van der Waals surface area contributed by atoms with Crippen LogP contribution in [0.2, 0.25) is 0 Å². The second kappa shape index (κ2) is 5.95. The van der Waals surface area contributed by atoms with Crippen molar-refractivity contribution in [3.63, 3.8) is 0 Å². The van der Waals surface area contributed by atoms with E-state index in [0.717, 1.165) is 7.11 Å². The number of halogens is 3. The van der Waals surface area contributed by atoms with Gasteiger partial charge in [0.15, 0.2) is 5.76 Å². The van der Waals surface area contributed by atoms with E-state index in [-0.39, 0.29) is 5.56 Å². The molecule has 0 atom stereocenters. The molecule has 0 aliphatic heterocycles. The number of esters is 1. The highest BCUT2D eigenvalue weighted by Gasteiger charge is 2.49. The van der Waals surface area contributed by atoms with Crippen molar-refractivity contribution in [3.05, 3.63) is 42.0 Å². The van der Waals surface area contributed by atoms with Crippen LogP contribution in [0.15, 0.2) is 36.4 Å². The first-order chi connectivity index (χ1) is 9.17. The van der Waals surface area contributed by atoms with Crippen molar-refractivity contribution in [2.75, 3.05) is 7.11 Å². The Hall–Kier alpha value is -2.03. The molecule has 0 bridgehead atoms. The van der Waals surface area contributed by atoms with Gasteiger partial charge in [-0.1, -0.05) is 30.3 Å². The van der Waals surface area contributed by atoms with Gasteiger partial charge in [-0.25, -0.2) is 4.79 Å². The van der Waals surface area contributed by atoms with Crippen LogP contribution in [-0.4, -0.2) is 27.0 Å². The lowest BCUT2D eigenvalue weighted by Gasteiger charge is -2.12. The molecule has 0 N–H and O–H groups in total. The van der Waals surface area contributed by atoms with E-state index in [2.05, 4.69) is 8.92 Å². The Balaban J connectivity index is 3.22. The highest BCUT2D eigenvalue weighted by molar-refractivity contribution is 7.87. The summed E-state index contributed by atoms with van der Waals surface area (Å²) in [7, 11) is -4.89. The van der Waals surface area contributed by atoms with Gasteiger partial charge < -0.3 is 8.92 Å². The van der Waals surface area contributed by atoms with Gasteiger partial charge >= 0.3 is 21.6 Å². The van der Waals surface area contributed by atoms with Crippen LogP contribution in [0.3, 0.4) is 0 Å². The van der Waals surface area contributed by atoms with E-state index in [0.29, 0.717) is 6.08 Å². The summed E-state index contributed by atoms with van der Waals surface area (Å²) in [6.45, 7) is 0. The topological polar surface area (TPSA) is 69.7 Å². The summed E-state index contributed by atoms with van der Waals surface area (Å²) >= 11 is 0. The molecular formula is C11H9F3O5S. The molecule has 1 aromatic carbocycles. The smallest absolute Gasteiger partial charge is 0.466 e. The second-order valence-corrected chi connectivity index (χ2v) is 4.92. The largest absolute Gasteiger partial charge is 0.534 e. The Kier molecular flexibility index (Phi) is 4.77. The molecule has 20 heavy (non-hydrogen) atoms. The number of hydrogen-bond donors (Lipinski definition) is 0. The third-order valence-electron chi connectivity index (χ3n) is 1.99. The van der Waals surface area contributed by atoms with E-state index in [4.69, 9.17) is 0 Å². The van der Waals surface area contributed by atoms with Gasteiger partial charge in [0.2, 0.25) is 0 Å². The average molecular weight is 310 g/mol. The van der Waals surface area contributed by atoms with Crippen molar-refractivity contribution in [2.45, 2.75) is 5.51 Å². The van der Waals surface area contributed by atoms with Gasteiger partial charge in [0.1, 0.15) is 0 Å². The minimum Gasteiger partial charge on any atom is -0.466 e. The van der Waals surface area contributed by atoms with Crippen molar-refractivity contribution in [1.82, 2.24) is 0 Å². The first-order valence-corrected chi connectivity index (χ1v) is 6.44. The molecule has 0 heterocycles. The van der Waals surface area contributed by atoms with E-state index in [9.17, 15) is 26.4 Å². The van der Waals surface area contributed by atoms with Crippen molar-refractivity contribution in [2.24, 2.45) is 0 Å². The summed E-state index contributed by atoms with van der Waals surface area (Å²) in [5.74, 6) is -1.84. The fourth-order valence-electron chi connectivity index (χ4n) is 1.09. The quantitative estimate of drug-likeness (QED) is 0.280. The summed E-state index contributed by atoms with van der Waals surface area (Å²) in [5, 5.41) is 0. The predicted molar refractivity (Wildman–Crippen MR) is 62.5 cm³/mol. The van der Waals surface area contributed by atoms with Gasteiger partial charge in [-0.15, -0.1) is 0 Å². The van der Waals surface area contributed by atoms with Crippen molar-refractivity contribution in [1.29, 1.82) is 0 Å². The number of rotatable bonds is 4. The Bertz CT molecular complexity index is 605. The zero-order valence-electron chi connectivity index (χ0n) is 10.0. The third-order valence-corrected chi connectivity index (χ3v) is 2.96. The summed E-state index contributed by atoms with van der Waals surface area (Å²) in [4.78, 5) is 11.1. The minimum absolute atomic E-state index is 0.0225. The molecule has 0 aliphatic carbocycles. The Morgan fingerprint density at radius 3 is 2.20 bits per heavy atom. The zero-order valence-corrected chi connectivity index (χ0v) is 10.9. The van der Waals surface area contributed by atoms with Crippen molar-refractivity contribution in [3.8, 4) is 0 Å². The van der Waals surface area contributed by atoms with Crippen LogP contribution in [-0.2, 0) is 23.8 Å². The summed E-state index contributed by atoms with van der Waals surface area (Å²) in [6.07, 6.45) is 0.513. The molecule has 110 valence electrons. The van der Waals surface area contributed by atoms with Crippen LogP contribution in [0.1, 0.15) is 5.56 Å². The fraction of sp³-hybridized carbons (Fsp3) is 0.182. The highest BCUT2D eigenvalue weighted by Crippen LogP contribution is 2.29. The Morgan fingerprint density at radius 2 is 1.75 bits per heavy atom. The molecule has 0 unspecified atom stereocenters. The lowest BCUT2D eigenvalue weighted by Crippen LogP contribution is -2.25. The van der Waals surface area contributed by atoms with E-state index in [1.807, 2.05) is 0 Å².